The SMILES string of the molecule is [CH2]c1c(CC)cc(CC)cc1CC. The van der Waals surface area contributed by atoms with Crippen LogP contribution in [-0.4, -0.2) is 0 Å². The van der Waals surface area contributed by atoms with Crippen molar-refractivity contribution in [2.24, 2.45) is 0 Å². The molecule has 0 aliphatic carbocycles. The van der Waals surface area contributed by atoms with Crippen LogP contribution in [0.5, 0.6) is 0 Å². The molecular weight excluding hydrogens is 156 g/mol. The Morgan fingerprint density at radius 2 is 1.38 bits per heavy atom. The first-order valence-corrected chi connectivity index (χ1v) is 5.19. The molecule has 1 radical (unpaired) electrons. The average molecular weight is 175 g/mol. The molecular formula is C13H19. The van der Waals surface area contributed by atoms with Crippen molar-refractivity contribution in [1.29, 1.82) is 0 Å². The summed E-state index contributed by atoms with van der Waals surface area (Å²) in [6.07, 6.45) is 3.32. The molecule has 71 valence electrons. The van der Waals surface area contributed by atoms with Gasteiger partial charge in [0.1, 0.15) is 0 Å². The molecule has 0 aromatic heterocycles. The molecule has 0 atom stereocenters. The summed E-state index contributed by atoms with van der Waals surface area (Å²) in [5.74, 6) is 0. The van der Waals surface area contributed by atoms with Crippen molar-refractivity contribution in [2.75, 3.05) is 0 Å². The van der Waals surface area contributed by atoms with Crippen LogP contribution in [0.1, 0.15) is 43.0 Å². The average Bonchev–Trinajstić information content (AvgIpc) is 2.18. The predicted octanol–water partition coefficient (Wildman–Crippen LogP) is 3.56. The molecule has 0 saturated heterocycles. The summed E-state index contributed by atoms with van der Waals surface area (Å²) in [4.78, 5) is 0. The van der Waals surface area contributed by atoms with Gasteiger partial charge in [0.05, 0.1) is 0 Å². The van der Waals surface area contributed by atoms with Crippen LogP contribution in [0.3, 0.4) is 0 Å². The van der Waals surface area contributed by atoms with E-state index in [-0.39, 0.29) is 0 Å². The molecule has 0 bridgehead atoms. The maximum atomic E-state index is 4.14. The molecule has 0 heteroatoms. The van der Waals surface area contributed by atoms with Gasteiger partial charge >= 0.3 is 0 Å². The van der Waals surface area contributed by atoms with E-state index in [2.05, 4.69) is 39.8 Å². The predicted molar refractivity (Wildman–Crippen MR) is 59.0 cm³/mol. The van der Waals surface area contributed by atoms with E-state index in [0.29, 0.717) is 0 Å². The Morgan fingerprint density at radius 1 is 0.923 bits per heavy atom. The minimum atomic E-state index is 1.10. The van der Waals surface area contributed by atoms with Crippen LogP contribution in [0.2, 0.25) is 0 Å². The largest absolute Gasteiger partial charge is 0.0613 e. The fourth-order valence-corrected chi connectivity index (χ4v) is 1.70. The minimum absolute atomic E-state index is 1.10. The van der Waals surface area contributed by atoms with Gasteiger partial charge in [-0.15, -0.1) is 0 Å². The zero-order valence-corrected chi connectivity index (χ0v) is 8.98. The quantitative estimate of drug-likeness (QED) is 0.659. The van der Waals surface area contributed by atoms with Gasteiger partial charge in [0, 0.05) is 0 Å². The number of hydrogen-bond donors (Lipinski definition) is 0. The molecule has 0 spiro atoms. The van der Waals surface area contributed by atoms with Crippen LogP contribution in [0.15, 0.2) is 12.1 Å². The van der Waals surface area contributed by atoms with Gasteiger partial charge in [0.25, 0.3) is 0 Å². The molecule has 0 aliphatic heterocycles. The molecule has 0 aliphatic rings. The first-order valence-electron chi connectivity index (χ1n) is 5.19. The summed E-state index contributed by atoms with van der Waals surface area (Å²) in [6, 6.07) is 4.59. The van der Waals surface area contributed by atoms with Crippen molar-refractivity contribution >= 4 is 0 Å². The first-order chi connectivity index (χ1) is 6.22. The van der Waals surface area contributed by atoms with Crippen LogP contribution >= 0.6 is 0 Å². The zero-order valence-electron chi connectivity index (χ0n) is 8.98. The van der Waals surface area contributed by atoms with Crippen LogP contribution < -0.4 is 0 Å². The van der Waals surface area contributed by atoms with Crippen LogP contribution in [0.25, 0.3) is 0 Å². The molecule has 0 saturated carbocycles. The lowest BCUT2D eigenvalue weighted by molar-refractivity contribution is 1.03. The minimum Gasteiger partial charge on any atom is -0.0613 e. The van der Waals surface area contributed by atoms with E-state index in [1.807, 2.05) is 0 Å². The molecule has 0 nitrogen and oxygen atoms in total. The highest BCUT2D eigenvalue weighted by molar-refractivity contribution is 5.41. The summed E-state index contributed by atoms with van der Waals surface area (Å²) in [5.41, 5.74) is 5.52. The Morgan fingerprint density at radius 3 is 1.69 bits per heavy atom. The monoisotopic (exact) mass is 175 g/mol. The Hall–Kier alpha value is -0.780. The van der Waals surface area contributed by atoms with Crippen molar-refractivity contribution in [2.45, 2.75) is 40.0 Å². The second kappa shape index (κ2) is 4.45. The number of aryl methyl sites for hydroxylation is 3. The van der Waals surface area contributed by atoms with E-state index in [4.69, 9.17) is 0 Å². The molecule has 1 rings (SSSR count). The fourth-order valence-electron chi connectivity index (χ4n) is 1.70. The van der Waals surface area contributed by atoms with Crippen molar-refractivity contribution in [3.63, 3.8) is 0 Å². The lowest BCUT2D eigenvalue weighted by atomic mass is 9.95. The van der Waals surface area contributed by atoms with Gasteiger partial charge in [0.15, 0.2) is 0 Å². The topological polar surface area (TPSA) is 0 Å². The van der Waals surface area contributed by atoms with Crippen LogP contribution in [-0.2, 0) is 19.3 Å². The molecule has 1 aromatic carbocycles. The van der Waals surface area contributed by atoms with Gasteiger partial charge in [-0.25, -0.2) is 0 Å². The zero-order chi connectivity index (χ0) is 9.84. The molecule has 0 amide bonds. The molecule has 13 heavy (non-hydrogen) atoms. The third-order valence-electron chi connectivity index (χ3n) is 2.66. The Bertz CT molecular complexity index is 259. The van der Waals surface area contributed by atoms with Gasteiger partial charge < -0.3 is 0 Å². The molecule has 0 heterocycles. The van der Waals surface area contributed by atoms with Gasteiger partial charge in [-0.1, -0.05) is 32.9 Å². The second-order valence-electron chi connectivity index (χ2n) is 3.45. The second-order valence-corrected chi connectivity index (χ2v) is 3.45. The van der Waals surface area contributed by atoms with E-state index >= 15 is 0 Å². The highest BCUT2D eigenvalue weighted by atomic mass is 14.1. The van der Waals surface area contributed by atoms with Gasteiger partial charge in [0.2, 0.25) is 0 Å². The maximum absolute atomic E-state index is 4.14. The standard InChI is InChI=1S/C13H19/c1-5-11-8-12(6-2)10(4)13(7-3)9-11/h8-9H,4-7H2,1-3H3. The first kappa shape index (κ1) is 10.3. The van der Waals surface area contributed by atoms with Crippen molar-refractivity contribution in [1.82, 2.24) is 0 Å². The van der Waals surface area contributed by atoms with E-state index in [9.17, 15) is 0 Å². The highest BCUT2D eigenvalue weighted by Gasteiger charge is 2.03. The molecule has 0 N–H and O–H groups in total. The summed E-state index contributed by atoms with van der Waals surface area (Å²) in [7, 11) is 0. The van der Waals surface area contributed by atoms with Gasteiger partial charge in [-0.2, -0.15) is 0 Å². The molecule has 1 aromatic rings. The highest BCUT2D eigenvalue weighted by Crippen LogP contribution is 2.18. The lowest BCUT2D eigenvalue weighted by Crippen LogP contribution is -1.96. The lowest BCUT2D eigenvalue weighted by Gasteiger charge is -2.11. The van der Waals surface area contributed by atoms with Crippen LogP contribution in [0, 0.1) is 6.92 Å². The van der Waals surface area contributed by atoms with E-state index in [1.165, 1.54) is 22.3 Å². The normalized spacial score (nSPS) is 10.5. The Kier molecular flexibility index (Phi) is 3.53. The smallest absolute Gasteiger partial charge is 0.0233 e. The number of benzene rings is 1. The van der Waals surface area contributed by atoms with Crippen LogP contribution in [0.4, 0.5) is 0 Å². The number of rotatable bonds is 3. The maximum Gasteiger partial charge on any atom is -0.0233 e. The van der Waals surface area contributed by atoms with Crippen molar-refractivity contribution < 1.29 is 0 Å². The third-order valence-corrected chi connectivity index (χ3v) is 2.66. The summed E-state index contributed by atoms with van der Waals surface area (Å²) in [5, 5.41) is 0. The molecule has 0 unspecified atom stereocenters. The summed E-state index contributed by atoms with van der Waals surface area (Å²) < 4.78 is 0. The van der Waals surface area contributed by atoms with Crippen molar-refractivity contribution in [3.05, 3.63) is 41.3 Å². The van der Waals surface area contributed by atoms with E-state index < -0.39 is 0 Å². The van der Waals surface area contributed by atoms with E-state index in [0.717, 1.165) is 19.3 Å². The fraction of sp³-hybridized carbons (Fsp3) is 0.462. The Labute approximate surface area is 82.0 Å². The Balaban J connectivity index is 3.20. The molecule has 0 fully saturated rings. The summed E-state index contributed by atoms with van der Waals surface area (Å²) >= 11 is 0. The van der Waals surface area contributed by atoms with Gasteiger partial charge in [-0.3, -0.25) is 0 Å². The van der Waals surface area contributed by atoms with Gasteiger partial charge in [-0.05, 0) is 48.4 Å². The third kappa shape index (κ3) is 2.12. The summed E-state index contributed by atoms with van der Waals surface area (Å²) in [6.45, 7) is 10.7. The van der Waals surface area contributed by atoms with Crippen molar-refractivity contribution in [3.8, 4) is 0 Å². The van der Waals surface area contributed by atoms with E-state index in [1.54, 1.807) is 0 Å². The number of hydrogen-bond acceptors (Lipinski definition) is 0.